The number of anilines is 1. The highest BCUT2D eigenvalue weighted by Crippen LogP contribution is 2.14. The van der Waals surface area contributed by atoms with Crippen molar-refractivity contribution in [3.05, 3.63) is 52.1 Å². The zero-order valence-corrected chi connectivity index (χ0v) is 13.6. The summed E-state index contributed by atoms with van der Waals surface area (Å²) in [6.45, 7) is 1.49. The highest BCUT2D eigenvalue weighted by molar-refractivity contribution is 6.06. The van der Waals surface area contributed by atoms with Gasteiger partial charge in [-0.1, -0.05) is 23.4 Å². The molecule has 9 heteroatoms. The number of rotatable bonds is 4. The summed E-state index contributed by atoms with van der Waals surface area (Å²) in [6, 6.07) is 8.21. The fraction of sp³-hybridized carbons (Fsp3) is 0.188. The van der Waals surface area contributed by atoms with Gasteiger partial charge in [-0.25, -0.2) is 5.10 Å². The molecule has 0 bridgehead atoms. The Balaban J connectivity index is 1.78. The van der Waals surface area contributed by atoms with Crippen molar-refractivity contribution in [1.29, 1.82) is 0 Å². The summed E-state index contributed by atoms with van der Waals surface area (Å²) in [5, 5.41) is 13.1. The second kappa shape index (κ2) is 6.56. The molecule has 0 unspecified atom stereocenters. The number of amides is 2. The molecule has 0 radical (unpaired) electrons. The Morgan fingerprint density at radius 2 is 2.00 bits per heavy atom. The zero-order chi connectivity index (χ0) is 18.0. The molecule has 0 aliphatic heterocycles. The van der Waals surface area contributed by atoms with Gasteiger partial charge in [-0.3, -0.25) is 14.4 Å². The molecule has 25 heavy (non-hydrogen) atoms. The molecule has 0 saturated heterocycles. The Hall–Kier alpha value is -3.49. The van der Waals surface area contributed by atoms with Gasteiger partial charge in [0.05, 0.1) is 11.9 Å². The van der Waals surface area contributed by atoms with Gasteiger partial charge in [-0.05, 0) is 13.0 Å². The number of benzene rings is 1. The number of aryl methyl sites for hydroxylation is 1. The Labute approximate surface area is 141 Å². The van der Waals surface area contributed by atoms with Gasteiger partial charge < -0.3 is 14.7 Å². The van der Waals surface area contributed by atoms with E-state index in [4.69, 9.17) is 4.52 Å². The second-order valence-corrected chi connectivity index (χ2v) is 5.48. The van der Waals surface area contributed by atoms with E-state index in [-0.39, 0.29) is 23.6 Å². The first-order chi connectivity index (χ1) is 12.0. The Morgan fingerprint density at radius 1 is 1.28 bits per heavy atom. The van der Waals surface area contributed by atoms with E-state index >= 15 is 0 Å². The van der Waals surface area contributed by atoms with Gasteiger partial charge in [0, 0.05) is 18.5 Å². The Kier molecular flexibility index (Phi) is 4.29. The molecule has 0 atom stereocenters. The van der Waals surface area contributed by atoms with Gasteiger partial charge in [-0.2, -0.15) is 5.10 Å². The van der Waals surface area contributed by atoms with E-state index in [0.29, 0.717) is 16.5 Å². The normalized spacial score (nSPS) is 10.6. The Bertz CT molecular complexity index is 1010. The van der Waals surface area contributed by atoms with Gasteiger partial charge in [0.2, 0.25) is 5.91 Å². The molecule has 3 rings (SSSR count). The first-order valence-electron chi connectivity index (χ1n) is 7.42. The van der Waals surface area contributed by atoms with Crippen LogP contribution in [-0.2, 0) is 4.79 Å². The van der Waals surface area contributed by atoms with Crippen LogP contribution < -0.4 is 10.9 Å². The van der Waals surface area contributed by atoms with E-state index in [9.17, 15) is 14.4 Å². The van der Waals surface area contributed by atoms with Crippen LogP contribution in [0.25, 0.3) is 10.8 Å². The molecule has 9 nitrogen and oxygen atoms in total. The van der Waals surface area contributed by atoms with E-state index in [1.165, 1.54) is 11.9 Å². The van der Waals surface area contributed by atoms with Gasteiger partial charge in [-0.15, -0.1) is 0 Å². The summed E-state index contributed by atoms with van der Waals surface area (Å²) >= 11 is 0. The number of hydrogen-bond acceptors (Lipinski definition) is 6. The number of carbonyl (C=O) groups excluding carboxylic acids is 2. The smallest absolute Gasteiger partial charge is 0.275 e. The van der Waals surface area contributed by atoms with Crippen molar-refractivity contribution in [2.75, 3.05) is 18.9 Å². The average molecular weight is 341 g/mol. The molecule has 2 amide bonds. The molecule has 1 aromatic carbocycles. The molecule has 2 heterocycles. The molecule has 0 fully saturated rings. The van der Waals surface area contributed by atoms with Crippen molar-refractivity contribution >= 4 is 28.4 Å². The lowest BCUT2D eigenvalue weighted by Gasteiger charge is -2.16. The summed E-state index contributed by atoms with van der Waals surface area (Å²) < 4.78 is 4.86. The minimum absolute atomic E-state index is 0.0720. The molecular formula is C16H15N5O4. The molecule has 0 saturated carbocycles. The Morgan fingerprint density at radius 3 is 2.68 bits per heavy atom. The number of likely N-dealkylation sites (N-methyl/N-ethyl adjacent to an activating group) is 1. The highest BCUT2D eigenvalue weighted by Gasteiger charge is 2.20. The summed E-state index contributed by atoms with van der Waals surface area (Å²) in [6.07, 6.45) is 0. The number of aromatic amines is 1. The van der Waals surface area contributed by atoms with Crippen LogP contribution in [-0.4, -0.2) is 45.7 Å². The summed E-state index contributed by atoms with van der Waals surface area (Å²) in [4.78, 5) is 37.6. The van der Waals surface area contributed by atoms with Crippen molar-refractivity contribution in [2.24, 2.45) is 0 Å². The van der Waals surface area contributed by atoms with Crippen LogP contribution >= 0.6 is 0 Å². The van der Waals surface area contributed by atoms with E-state index < -0.39 is 11.8 Å². The van der Waals surface area contributed by atoms with Crippen LogP contribution in [0.3, 0.4) is 0 Å². The van der Waals surface area contributed by atoms with Crippen molar-refractivity contribution in [2.45, 2.75) is 6.92 Å². The average Bonchev–Trinajstić information content (AvgIpc) is 2.99. The fourth-order valence-corrected chi connectivity index (χ4v) is 2.35. The van der Waals surface area contributed by atoms with Gasteiger partial charge in [0.1, 0.15) is 5.76 Å². The third-order valence-corrected chi connectivity index (χ3v) is 3.52. The molecular weight excluding hydrogens is 326 g/mol. The largest absolute Gasteiger partial charge is 0.360 e. The maximum Gasteiger partial charge on any atom is 0.275 e. The quantitative estimate of drug-likeness (QED) is 0.728. The lowest BCUT2D eigenvalue weighted by atomic mass is 10.1. The lowest BCUT2D eigenvalue weighted by Crippen LogP contribution is -2.36. The van der Waals surface area contributed by atoms with Gasteiger partial charge in [0.15, 0.2) is 11.5 Å². The predicted molar refractivity (Wildman–Crippen MR) is 89.2 cm³/mol. The number of hydrogen-bond donors (Lipinski definition) is 2. The molecule has 0 spiro atoms. The third-order valence-electron chi connectivity index (χ3n) is 3.52. The van der Waals surface area contributed by atoms with Crippen molar-refractivity contribution in [3.63, 3.8) is 0 Å². The van der Waals surface area contributed by atoms with E-state index in [2.05, 4.69) is 20.7 Å². The van der Waals surface area contributed by atoms with Crippen LogP contribution in [0.5, 0.6) is 0 Å². The molecule has 128 valence electrons. The topological polar surface area (TPSA) is 121 Å². The van der Waals surface area contributed by atoms with E-state index in [1.54, 1.807) is 37.3 Å². The third kappa shape index (κ3) is 3.39. The van der Waals surface area contributed by atoms with Crippen molar-refractivity contribution < 1.29 is 14.1 Å². The van der Waals surface area contributed by atoms with Gasteiger partial charge >= 0.3 is 0 Å². The van der Waals surface area contributed by atoms with Crippen LogP contribution in [0, 0.1) is 6.92 Å². The second-order valence-electron chi connectivity index (χ2n) is 5.48. The number of aromatic nitrogens is 3. The number of nitrogens with one attached hydrogen (secondary N) is 2. The van der Waals surface area contributed by atoms with Crippen LogP contribution in [0.15, 0.2) is 39.6 Å². The SMILES string of the molecule is Cc1cc(NC(=O)CN(C)C(=O)c2n[nH]c(=O)c3ccccc23)no1. The van der Waals surface area contributed by atoms with Crippen LogP contribution in [0.4, 0.5) is 5.82 Å². The highest BCUT2D eigenvalue weighted by atomic mass is 16.5. The fourth-order valence-electron chi connectivity index (χ4n) is 2.35. The summed E-state index contributed by atoms with van der Waals surface area (Å²) in [5.74, 6) is -0.0866. The number of fused-ring (bicyclic) bond motifs is 1. The summed E-state index contributed by atoms with van der Waals surface area (Å²) in [7, 11) is 1.47. The maximum absolute atomic E-state index is 12.6. The summed E-state index contributed by atoms with van der Waals surface area (Å²) in [5.41, 5.74) is -0.309. The zero-order valence-electron chi connectivity index (χ0n) is 13.6. The predicted octanol–water partition coefficient (Wildman–Crippen LogP) is 0.930. The first kappa shape index (κ1) is 16.4. The van der Waals surface area contributed by atoms with E-state index in [1.807, 2.05) is 0 Å². The number of H-pyrrole nitrogens is 1. The maximum atomic E-state index is 12.6. The van der Waals surface area contributed by atoms with Crippen molar-refractivity contribution in [1.82, 2.24) is 20.3 Å². The first-order valence-corrected chi connectivity index (χ1v) is 7.42. The molecule has 3 aromatic rings. The molecule has 2 N–H and O–H groups in total. The number of nitrogens with zero attached hydrogens (tertiary/aromatic N) is 3. The monoisotopic (exact) mass is 341 g/mol. The minimum Gasteiger partial charge on any atom is -0.360 e. The van der Waals surface area contributed by atoms with Crippen LogP contribution in [0.2, 0.25) is 0 Å². The number of carbonyl (C=O) groups is 2. The van der Waals surface area contributed by atoms with E-state index in [0.717, 1.165) is 0 Å². The molecule has 0 aliphatic carbocycles. The molecule has 2 aromatic heterocycles. The van der Waals surface area contributed by atoms with Crippen LogP contribution in [0.1, 0.15) is 16.2 Å². The molecule has 0 aliphatic rings. The van der Waals surface area contributed by atoms with Crippen molar-refractivity contribution in [3.8, 4) is 0 Å². The standard InChI is InChI=1S/C16H15N5O4/c1-9-7-12(20-25-9)17-13(22)8-21(2)16(24)14-10-5-3-4-6-11(10)15(23)19-18-14/h3-7H,8H2,1-2H3,(H,19,23)(H,17,20,22). The van der Waals surface area contributed by atoms with Gasteiger partial charge in [0.25, 0.3) is 11.5 Å². The minimum atomic E-state index is -0.487. The lowest BCUT2D eigenvalue weighted by molar-refractivity contribution is -0.116.